The molecule has 0 aromatic heterocycles. The van der Waals surface area contributed by atoms with Crippen molar-refractivity contribution in [1.82, 2.24) is 10.2 Å². The van der Waals surface area contributed by atoms with Gasteiger partial charge in [-0.1, -0.05) is 51.3 Å². The number of carbonyl (C=O) groups is 3. The Bertz CT molecular complexity index is 1010. The topological polar surface area (TPSA) is 108 Å². The van der Waals surface area contributed by atoms with Crippen molar-refractivity contribution in [2.45, 2.75) is 95.0 Å². The number of hydrogen-bond donors (Lipinski definition) is 3. The van der Waals surface area contributed by atoms with E-state index in [0.717, 1.165) is 25.7 Å². The quantitative estimate of drug-likeness (QED) is 0.537. The van der Waals surface area contributed by atoms with Crippen molar-refractivity contribution in [1.29, 1.82) is 0 Å². The Kier molecular flexibility index (Phi) is 6.62. The van der Waals surface area contributed by atoms with Crippen molar-refractivity contribution in [2.75, 3.05) is 11.9 Å². The summed E-state index contributed by atoms with van der Waals surface area (Å²) in [6.45, 7) is 5.61. The molecule has 3 aliphatic heterocycles. The van der Waals surface area contributed by atoms with Crippen molar-refractivity contribution in [3.63, 3.8) is 0 Å². The lowest BCUT2D eigenvalue weighted by Crippen LogP contribution is -2.59. The number of nitrogens with one attached hydrogen (secondary N) is 2. The van der Waals surface area contributed by atoms with Crippen molar-refractivity contribution in [3.8, 4) is 0 Å². The molecule has 1 spiro atoms. The summed E-state index contributed by atoms with van der Waals surface area (Å²) >= 11 is 0. The van der Waals surface area contributed by atoms with E-state index in [2.05, 4.69) is 10.6 Å². The van der Waals surface area contributed by atoms with Crippen molar-refractivity contribution in [2.24, 2.45) is 17.8 Å². The van der Waals surface area contributed by atoms with Crippen LogP contribution in [0.15, 0.2) is 30.3 Å². The number of ether oxygens (including phenoxy) is 1. The van der Waals surface area contributed by atoms with Crippen molar-refractivity contribution >= 4 is 23.4 Å². The zero-order valence-corrected chi connectivity index (χ0v) is 21.5. The number of fused-ring (bicyclic) bond motifs is 1. The molecule has 1 saturated carbocycles. The minimum Gasteiger partial charge on any atom is -0.394 e. The summed E-state index contributed by atoms with van der Waals surface area (Å²) < 4.78 is 6.75. The molecular weight excluding hydrogens is 458 g/mol. The molecule has 3 saturated heterocycles. The molecule has 3 N–H and O–H groups in total. The van der Waals surface area contributed by atoms with E-state index >= 15 is 0 Å². The van der Waals surface area contributed by atoms with Crippen LogP contribution in [0.25, 0.3) is 0 Å². The van der Waals surface area contributed by atoms with Gasteiger partial charge in [0, 0.05) is 11.7 Å². The molecular formula is C28H39N3O5. The van der Waals surface area contributed by atoms with E-state index in [1.54, 1.807) is 4.90 Å². The van der Waals surface area contributed by atoms with Crippen LogP contribution in [0.5, 0.6) is 0 Å². The summed E-state index contributed by atoms with van der Waals surface area (Å²) in [6.07, 6.45) is 6.21. The minimum absolute atomic E-state index is 0.0211. The summed E-state index contributed by atoms with van der Waals surface area (Å²) in [4.78, 5) is 43.4. The lowest BCUT2D eigenvalue weighted by Gasteiger charge is -2.37. The second-order valence-corrected chi connectivity index (χ2v) is 11.4. The Hall–Kier alpha value is -2.45. The van der Waals surface area contributed by atoms with E-state index in [-0.39, 0.29) is 36.3 Å². The second-order valence-electron chi connectivity index (χ2n) is 11.4. The van der Waals surface area contributed by atoms with E-state index in [4.69, 9.17) is 4.74 Å². The fourth-order valence-corrected chi connectivity index (χ4v) is 7.45. The third-order valence-electron chi connectivity index (χ3n) is 9.35. The number of nitrogens with zero attached hydrogens (tertiary/aromatic N) is 1. The average molecular weight is 498 g/mol. The summed E-state index contributed by atoms with van der Waals surface area (Å²) in [5, 5.41) is 16.4. The number of amides is 3. The monoisotopic (exact) mass is 497 g/mol. The number of hydrogen-bond acceptors (Lipinski definition) is 5. The summed E-state index contributed by atoms with van der Waals surface area (Å²) in [5.74, 6) is -2.27. The van der Waals surface area contributed by atoms with Crippen LogP contribution in [-0.4, -0.2) is 63.7 Å². The van der Waals surface area contributed by atoms with E-state index < -0.39 is 35.1 Å². The maximum atomic E-state index is 14.1. The summed E-state index contributed by atoms with van der Waals surface area (Å²) in [7, 11) is 0. The molecule has 1 aromatic rings. The molecule has 8 nitrogen and oxygen atoms in total. The van der Waals surface area contributed by atoms with Gasteiger partial charge in [-0.2, -0.15) is 0 Å². The van der Waals surface area contributed by atoms with Crippen LogP contribution in [0, 0.1) is 17.8 Å². The van der Waals surface area contributed by atoms with Gasteiger partial charge in [-0.05, 0) is 50.7 Å². The zero-order chi connectivity index (χ0) is 25.7. The largest absolute Gasteiger partial charge is 0.394 e. The number of likely N-dealkylation sites (tertiary alicyclic amines) is 1. The Morgan fingerprint density at radius 3 is 2.50 bits per heavy atom. The smallest absolute Gasteiger partial charge is 0.246 e. The average Bonchev–Trinajstić information content (AvgIpc) is 3.38. The predicted molar refractivity (Wildman–Crippen MR) is 135 cm³/mol. The molecule has 0 radical (unpaired) electrons. The van der Waals surface area contributed by atoms with E-state index in [0.29, 0.717) is 18.5 Å². The lowest BCUT2D eigenvalue weighted by atomic mass is 9.62. The molecule has 5 rings (SSSR count). The van der Waals surface area contributed by atoms with Gasteiger partial charge < -0.3 is 25.4 Å². The van der Waals surface area contributed by atoms with Gasteiger partial charge in [-0.25, -0.2) is 0 Å². The minimum atomic E-state index is -1.09. The highest BCUT2D eigenvalue weighted by molar-refractivity contribution is 6.02. The first-order chi connectivity index (χ1) is 17.3. The molecule has 4 aliphatic rings. The third-order valence-corrected chi connectivity index (χ3v) is 9.35. The Morgan fingerprint density at radius 1 is 1.17 bits per heavy atom. The number of para-hydroxylation sites is 1. The fraction of sp³-hybridized carbons (Fsp3) is 0.679. The first-order valence-corrected chi connectivity index (χ1v) is 13.6. The lowest BCUT2D eigenvalue weighted by molar-refractivity contribution is -0.150. The zero-order valence-electron chi connectivity index (χ0n) is 21.5. The van der Waals surface area contributed by atoms with E-state index in [1.165, 1.54) is 6.42 Å². The van der Waals surface area contributed by atoms with Crippen LogP contribution >= 0.6 is 0 Å². The Morgan fingerprint density at radius 2 is 1.86 bits per heavy atom. The van der Waals surface area contributed by atoms with E-state index in [9.17, 15) is 19.5 Å². The van der Waals surface area contributed by atoms with Crippen LogP contribution in [0.1, 0.15) is 65.7 Å². The van der Waals surface area contributed by atoms with Crippen LogP contribution < -0.4 is 10.6 Å². The molecule has 7 atom stereocenters. The molecule has 3 unspecified atom stereocenters. The molecule has 1 aliphatic carbocycles. The standard InChI is InChI=1S/C28H39N3O5/c1-4-20(16-32)31-23(25(34)30-19-13-9-6-10-14-19)28-15-17(2)27(3,36-28)21(22(28)26(31)35)24(33)29-18-11-7-5-8-12-18/h5,7-8,11-12,17,19-23,32H,4,6,9-10,13-16H2,1-3H3,(H,29,33)(H,30,34)/t17?,20-,21-,22-,23?,27+,28?/m0/s1. The van der Waals surface area contributed by atoms with Crippen LogP contribution in [-0.2, 0) is 19.1 Å². The highest BCUT2D eigenvalue weighted by Gasteiger charge is 2.80. The first kappa shape index (κ1) is 25.2. The fourth-order valence-electron chi connectivity index (χ4n) is 7.45. The van der Waals surface area contributed by atoms with Crippen LogP contribution in [0.4, 0.5) is 5.69 Å². The maximum absolute atomic E-state index is 14.1. The van der Waals surface area contributed by atoms with Gasteiger partial charge in [-0.15, -0.1) is 0 Å². The highest BCUT2D eigenvalue weighted by Crippen LogP contribution is 2.65. The van der Waals surface area contributed by atoms with Crippen molar-refractivity contribution in [3.05, 3.63) is 30.3 Å². The molecule has 1 aromatic carbocycles. The van der Waals surface area contributed by atoms with Crippen molar-refractivity contribution < 1.29 is 24.2 Å². The van der Waals surface area contributed by atoms with Crippen LogP contribution in [0.3, 0.4) is 0 Å². The number of carbonyl (C=O) groups excluding carboxylic acids is 3. The molecule has 3 heterocycles. The summed E-state index contributed by atoms with van der Waals surface area (Å²) in [5.41, 5.74) is -1.30. The molecule has 8 heteroatoms. The molecule has 3 amide bonds. The Balaban J connectivity index is 1.53. The number of aliphatic hydroxyl groups excluding tert-OH is 1. The molecule has 4 fully saturated rings. The van der Waals surface area contributed by atoms with Gasteiger partial charge in [0.2, 0.25) is 17.7 Å². The predicted octanol–water partition coefficient (Wildman–Crippen LogP) is 2.86. The van der Waals surface area contributed by atoms with Gasteiger partial charge in [0.25, 0.3) is 0 Å². The van der Waals surface area contributed by atoms with Gasteiger partial charge in [0.15, 0.2) is 0 Å². The Labute approximate surface area is 213 Å². The summed E-state index contributed by atoms with van der Waals surface area (Å²) in [6, 6.07) is 7.90. The normalized spacial score (nSPS) is 36.6. The van der Waals surface area contributed by atoms with Gasteiger partial charge in [-0.3, -0.25) is 14.4 Å². The number of anilines is 1. The number of rotatable bonds is 7. The first-order valence-electron chi connectivity index (χ1n) is 13.6. The molecule has 2 bridgehead atoms. The third kappa shape index (κ3) is 3.76. The van der Waals surface area contributed by atoms with Gasteiger partial charge in [0.1, 0.15) is 11.6 Å². The van der Waals surface area contributed by atoms with E-state index in [1.807, 2.05) is 51.1 Å². The van der Waals surface area contributed by atoms with Crippen LogP contribution in [0.2, 0.25) is 0 Å². The molecule has 36 heavy (non-hydrogen) atoms. The SMILES string of the molecule is CC[C@@H](CO)N1C(=O)[C@@H]2[C@@H](C(=O)Nc3ccccc3)[C@]3(C)OC2(CC3C)C1C(=O)NC1CCCCC1. The highest BCUT2D eigenvalue weighted by atomic mass is 16.5. The maximum Gasteiger partial charge on any atom is 0.246 e. The number of benzene rings is 1. The second kappa shape index (κ2) is 9.45. The molecule has 196 valence electrons. The van der Waals surface area contributed by atoms with Gasteiger partial charge in [0.05, 0.1) is 30.1 Å². The number of aliphatic hydroxyl groups is 1. The van der Waals surface area contributed by atoms with Gasteiger partial charge >= 0.3 is 0 Å².